The van der Waals surface area contributed by atoms with Crippen LogP contribution in [0.15, 0.2) is 24.3 Å². The molecule has 0 fully saturated rings. The average Bonchev–Trinajstić information content (AvgIpc) is 2.47. The van der Waals surface area contributed by atoms with Gasteiger partial charge in [0.2, 0.25) is 11.9 Å². The Balaban J connectivity index is 2.24. The smallest absolute Gasteiger partial charge is 0.328 e. The second-order valence-electron chi connectivity index (χ2n) is 4.38. The van der Waals surface area contributed by atoms with E-state index in [1.54, 1.807) is 4.90 Å². The molecule has 3 N–H and O–H groups in total. The molecule has 0 aliphatic rings. The molecule has 2 aromatic rings. The molecular weight excluding hydrogens is 256 g/mol. The number of hydrogen-bond acceptors (Lipinski definition) is 7. The Kier molecular flexibility index (Phi) is 4.31. The minimum Gasteiger partial charge on any atom is -0.424 e. The molecule has 2 rings (SSSR count). The summed E-state index contributed by atoms with van der Waals surface area (Å²) in [7, 11) is 3.66. The minimum absolute atomic E-state index is 0.195. The van der Waals surface area contributed by atoms with Crippen molar-refractivity contribution in [2.45, 2.75) is 13.3 Å². The number of nitrogens with two attached hydrogens (primary N) is 1. The molecule has 0 saturated heterocycles. The fourth-order valence-electron chi connectivity index (χ4n) is 1.55. The first-order valence-corrected chi connectivity index (χ1v) is 6.29. The molecule has 20 heavy (non-hydrogen) atoms. The highest BCUT2D eigenvalue weighted by atomic mass is 16.5. The highest BCUT2D eigenvalue weighted by molar-refractivity contribution is 5.37. The van der Waals surface area contributed by atoms with Crippen molar-refractivity contribution in [3.05, 3.63) is 29.8 Å². The lowest BCUT2D eigenvalue weighted by Gasteiger charge is -2.12. The molecule has 0 spiro atoms. The van der Waals surface area contributed by atoms with Crippen LogP contribution in [0.1, 0.15) is 12.5 Å². The van der Waals surface area contributed by atoms with Gasteiger partial charge in [-0.1, -0.05) is 19.1 Å². The van der Waals surface area contributed by atoms with Crippen molar-refractivity contribution in [2.75, 3.05) is 24.4 Å². The number of ether oxygens (including phenoxy) is 1. The monoisotopic (exact) mass is 274 g/mol. The topological polar surface area (TPSA) is 89.2 Å². The van der Waals surface area contributed by atoms with E-state index in [2.05, 4.69) is 27.3 Å². The fourth-order valence-corrected chi connectivity index (χ4v) is 1.55. The Morgan fingerprint density at radius 2 is 1.85 bits per heavy atom. The molecular formula is C13H18N6O. The standard InChI is InChI=1S/C13H18N6O/c1-4-9-5-7-10(8-6-9)20-13-16-11(18-14)15-12(17-13)19(2)3/h5-8H,4,14H2,1-3H3,(H,15,16,17,18). The van der Waals surface area contributed by atoms with Crippen LogP contribution in [0.5, 0.6) is 11.8 Å². The van der Waals surface area contributed by atoms with Crippen LogP contribution in [0.25, 0.3) is 0 Å². The molecule has 0 aliphatic carbocycles. The zero-order chi connectivity index (χ0) is 14.5. The summed E-state index contributed by atoms with van der Waals surface area (Å²) in [6, 6.07) is 7.97. The minimum atomic E-state index is 0.195. The van der Waals surface area contributed by atoms with E-state index in [0.29, 0.717) is 11.7 Å². The third-order valence-electron chi connectivity index (χ3n) is 2.67. The van der Waals surface area contributed by atoms with Crippen molar-refractivity contribution in [3.63, 3.8) is 0 Å². The number of anilines is 2. The van der Waals surface area contributed by atoms with E-state index in [1.807, 2.05) is 38.4 Å². The first-order chi connectivity index (χ1) is 9.62. The lowest BCUT2D eigenvalue weighted by molar-refractivity contribution is 0.440. The summed E-state index contributed by atoms with van der Waals surface area (Å²) in [4.78, 5) is 14.1. The summed E-state index contributed by atoms with van der Waals surface area (Å²) >= 11 is 0. The van der Waals surface area contributed by atoms with E-state index in [9.17, 15) is 0 Å². The second kappa shape index (κ2) is 6.16. The third-order valence-corrected chi connectivity index (χ3v) is 2.67. The molecule has 7 nitrogen and oxygen atoms in total. The number of aromatic nitrogens is 3. The number of aryl methyl sites for hydroxylation is 1. The van der Waals surface area contributed by atoms with Crippen LogP contribution in [0.3, 0.4) is 0 Å². The van der Waals surface area contributed by atoms with Gasteiger partial charge in [0.05, 0.1) is 0 Å². The Bertz CT molecular complexity index is 570. The highest BCUT2D eigenvalue weighted by Crippen LogP contribution is 2.20. The molecule has 7 heteroatoms. The van der Waals surface area contributed by atoms with Crippen molar-refractivity contribution in [1.29, 1.82) is 0 Å². The van der Waals surface area contributed by atoms with E-state index >= 15 is 0 Å². The number of benzene rings is 1. The summed E-state index contributed by atoms with van der Waals surface area (Å²) in [5.74, 6) is 6.73. The maximum atomic E-state index is 5.63. The first kappa shape index (κ1) is 14.0. The van der Waals surface area contributed by atoms with Crippen molar-refractivity contribution >= 4 is 11.9 Å². The Labute approximate surface area is 117 Å². The van der Waals surface area contributed by atoms with Crippen LogP contribution in [-0.2, 0) is 6.42 Å². The maximum Gasteiger partial charge on any atom is 0.328 e. The first-order valence-electron chi connectivity index (χ1n) is 6.29. The number of nitrogen functional groups attached to an aromatic ring is 1. The zero-order valence-corrected chi connectivity index (χ0v) is 11.8. The SMILES string of the molecule is CCc1ccc(Oc2nc(NN)nc(N(C)C)n2)cc1. The lowest BCUT2D eigenvalue weighted by atomic mass is 10.2. The number of nitrogens with zero attached hydrogens (tertiary/aromatic N) is 4. The predicted molar refractivity (Wildman–Crippen MR) is 77.9 cm³/mol. The molecule has 0 atom stereocenters. The lowest BCUT2D eigenvalue weighted by Crippen LogP contribution is -2.17. The van der Waals surface area contributed by atoms with E-state index in [-0.39, 0.29) is 12.0 Å². The maximum absolute atomic E-state index is 5.63. The van der Waals surface area contributed by atoms with Crippen LogP contribution in [-0.4, -0.2) is 29.0 Å². The van der Waals surface area contributed by atoms with Gasteiger partial charge in [0, 0.05) is 14.1 Å². The zero-order valence-electron chi connectivity index (χ0n) is 11.8. The Hall–Kier alpha value is -2.41. The van der Waals surface area contributed by atoms with Crippen LogP contribution < -0.4 is 20.9 Å². The molecule has 0 aliphatic heterocycles. The van der Waals surface area contributed by atoms with Crippen molar-refractivity contribution in [2.24, 2.45) is 5.84 Å². The normalized spacial score (nSPS) is 10.2. The van der Waals surface area contributed by atoms with Crippen LogP contribution in [0.2, 0.25) is 0 Å². The molecule has 1 heterocycles. The molecule has 106 valence electrons. The number of hydrazine groups is 1. The quantitative estimate of drug-likeness (QED) is 0.632. The van der Waals surface area contributed by atoms with Gasteiger partial charge < -0.3 is 9.64 Å². The molecule has 1 aromatic carbocycles. The number of nitrogens with one attached hydrogen (secondary N) is 1. The van der Waals surface area contributed by atoms with Crippen LogP contribution in [0.4, 0.5) is 11.9 Å². The molecule has 0 bridgehead atoms. The van der Waals surface area contributed by atoms with Gasteiger partial charge in [-0.15, -0.1) is 0 Å². The van der Waals surface area contributed by atoms with Crippen molar-refractivity contribution < 1.29 is 4.74 Å². The van der Waals surface area contributed by atoms with Gasteiger partial charge in [0.15, 0.2) is 0 Å². The van der Waals surface area contributed by atoms with E-state index in [1.165, 1.54) is 5.56 Å². The predicted octanol–water partition coefficient (Wildman–Crippen LogP) is 1.58. The highest BCUT2D eigenvalue weighted by Gasteiger charge is 2.09. The summed E-state index contributed by atoms with van der Waals surface area (Å²) in [6.07, 6.45) is 0.984. The summed E-state index contributed by atoms with van der Waals surface area (Å²) in [5.41, 5.74) is 3.64. The Morgan fingerprint density at radius 1 is 1.15 bits per heavy atom. The average molecular weight is 274 g/mol. The van der Waals surface area contributed by atoms with Crippen molar-refractivity contribution in [1.82, 2.24) is 15.0 Å². The molecule has 0 amide bonds. The van der Waals surface area contributed by atoms with Gasteiger partial charge >= 0.3 is 6.01 Å². The summed E-state index contributed by atoms with van der Waals surface area (Å²) in [5, 5.41) is 0. The van der Waals surface area contributed by atoms with E-state index in [0.717, 1.165) is 6.42 Å². The van der Waals surface area contributed by atoms with Gasteiger partial charge in [-0.2, -0.15) is 15.0 Å². The molecule has 0 unspecified atom stereocenters. The van der Waals surface area contributed by atoms with Crippen LogP contribution in [0, 0.1) is 0 Å². The molecule has 0 radical (unpaired) electrons. The van der Waals surface area contributed by atoms with E-state index < -0.39 is 0 Å². The van der Waals surface area contributed by atoms with Crippen LogP contribution >= 0.6 is 0 Å². The van der Waals surface area contributed by atoms with Gasteiger partial charge in [0.25, 0.3) is 0 Å². The summed E-state index contributed by atoms with van der Waals surface area (Å²) < 4.78 is 5.63. The van der Waals surface area contributed by atoms with Gasteiger partial charge in [-0.05, 0) is 24.1 Å². The Morgan fingerprint density at radius 3 is 2.40 bits per heavy atom. The van der Waals surface area contributed by atoms with Gasteiger partial charge in [0.1, 0.15) is 5.75 Å². The fraction of sp³-hybridized carbons (Fsp3) is 0.308. The second-order valence-corrected chi connectivity index (χ2v) is 4.38. The largest absolute Gasteiger partial charge is 0.424 e. The molecule has 0 saturated carbocycles. The van der Waals surface area contributed by atoms with Gasteiger partial charge in [-0.3, -0.25) is 5.43 Å². The molecule has 1 aromatic heterocycles. The number of hydrogen-bond donors (Lipinski definition) is 2. The van der Waals surface area contributed by atoms with Gasteiger partial charge in [-0.25, -0.2) is 5.84 Å². The van der Waals surface area contributed by atoms with E-state index in [4.69, 9.17) is 10.6 Å². The van der Waals surface area contributed by atoms with Crippen molar-refractivity contribution in [3.8, 4) is 11.8 Å². The summed E-state index contributed by atoms with van der Waals surface area (Å²) in [6.45, 7) is 2.10. The number of rotatable bonds is 5. The third kappa shape index (κ3) is 3.33.